The van der Waals surface area contributed by atoms with Gasteiger partial charge in [0.05, 0.1) is 6.61 Å². The van der Waals surface area contributed by atoms with Gasteiger partial charge in [0.1, 0.15) is 5.75 Å². The first-order valence-corrected chi connectivity index (χ1v) is 9.99. The molecule has 134 valence electrons. The average Bonchev–Trinajstić information content (AvgIpc) is 2.65. The summed E-state index contributed by atoms with van der Waals surface area (Å²) in [5, 5.41) is 8.22. The van der Waals surface area contributed by atoms with E-state index in [4.69, 9.17) is 4.74 Å². The quantitative estimate of drug-likeness (QED) is 0.333. The van der Waals surface area contributed by atoms with Crippen LogP contribution in [-0.2, 0) is 6.42 Å². The molecule has 0 spiro atoms. The summed E-state index contributed by atoms with van der Waals surface area (Å²) < 4.78 is 6.12. The summed E-state index contributed by atoms with van der Waals surface area (Å²) in [4.78, 5) is 0. The Morgan fingerprint density at radius 1 is 0.731 bits per heavy atom. The standard InChI is InChI=1S/C25H28O/c1-5-7-8-18-14-16(3)19-10-12-22-23(26-13-6-2)15-17(4)20-9-11-21(18)24(19)25(20)22/h9-12,14-15H,5-8,13H2,1-4H3. The Bertz CT molecular complexity index is 987. The predicted molar refractivity (Wildman–Crippen MR) is 114 cm³/mol. The van der Waals surface area contributed by atoms with Gasteiger partial charge in [0.15, 0.2) is 0 Å². The molecule has 0 N–H and O–H groups in total. The zero-order chi connectivity index (χ0) is 18.3. The van der Waals surface area contributed by atoms with Gasteiger partial charge in [0.2, 0.25) is 0 Å². The molecule has 0 aliphatic carbocycles. The Labute approximate surface area is 156 Å². The maximum absolute atomic E-state index is 6.12. The van der Waals surface area contributed by atoms with Crippen LogP contribution >= 0.6 is 0 Å². The van der Waals surface area contributed by atoms with Crippen LogP contribution in [0.15, 0.2) is 36.4 Å². The van der Waals surface area contributed by atoms with Crippen LogP contribution in [0.2, 0.25) is 0 Å². The summed E-state index contributed by atoms with van der Waals surface area (Å²) in [5.74, 6) is 1.03. The number of ether oxygens (including phenoxy) is 1. The number of unbranched alkanes of at least 4 members (excludes halogenated alkanes) is 1. The lowest BCUT2D eigenvalue weighted by Gasteiger charge is -2.19. The van der Waals surface area contributed by atoms with Crippen LogP contribution in [0.1, 0.15) is 49.8 Å². The number of rotatable bonds is 6. The fraction of sp³-hybridized carbons (Fsp3) is 0.360. The van der Waals surface area contributed by atoms with Crippen molar-refractivity contribution in [1.29, 1.82) is 0 Å². The molecule has 0 aromatic heterocycles. The Morgan fingerprint density at radius 3 is 2.04 bits per heavy atom. The SMILES string of the molecule is CCCCc1cc(C)c2ccc3c(OCCC)cc(C)c4ccc1c2c43. The van der Waals surface area contributed by atoms with Gasteiger partial charge >= 0.3 is 0 Å². The summed E-state index contributed by atoms with van der Waals surface area (Å²) in [7, 11) is 0. The van der Waals surface area contributed by atoms with Gasteiger partial charge in [-0.1, -0.05) is 44.5 Å². The van der Waals surface area contributed by atoms with Gasteiger partial charge in [-0.2, -0.15) is 0 Å². The lowest BCUT2D eigenvalue weighted by Crippen LogP contribution is -1.99. The molecule has 1 nitrogen and oxygen atoms in total. The van der Waals surface area contributed by atoms with Crippen LogP contribution in [0.5, 0.6) is 5.75 Å². The summed E-state index contributed by atoms with van der Waals surface area (Å²) in [5.41, 5.74) is 4.17. The van der Waals surface area contributed by atoms with E-state index >= 15 is 0 Å². The second-order valence-electron chi connectivity index (χ2n) is 7.57. The van der Waals surface area contributed by atoms with E-state index in [0.717, 1.165) is 25.2 Å². The Morgan fingerprint density at radius 2 is 1.35 bits per heavy atom. The van der Waals surface area contributed by atoms with Gasteiger partial charge in [0, 0.05) is 10.8 Å². The highest BCUT2D eigenvalue weighted by Gasteiger charge is 2.16. The van der Waals surface area contributed by atoms with Crippen LogP contribution in [-0.4, -0.2) is 6.61 Å². The molecule has 0 atom stereocenters. The number of hydrogen-bond acceptors (Lipinski definition) is 1. The molecule has 0 heterocycles. The lowest BCUT2D eigenvalue weighted by molar-refractivity contribution is 0.321. The van der Waals surface area contributed by atoms with E-state index in [1.807, 2.05) is 0 Å². The first kappa shape index (κ1) is 17.1. The highest BCUT2D eigenvalue weighted by atomic mass is 16.5. The minimum absolute atomic E-state index is 0.768. The normalized spacial score (nSPS) is 11.8. The molecule has 4 aromatic carbocycles. The van der Waals surface area contributed by atoms with Crippen LogP contribution in [0.3, 0.4) is 0 Å². The van der Waals surface area contributed by atoms with Gasteiger partial charge < -0.3 is 4.74 Å². The fourth-order valence-corrected chi connectivity index (χ4v) is 4.30. The van der Waals surface area contributed by atoms with Crippen molar-refractivity contribution in [3.8, 4) is 5.75 Å². The fourth-order valence-electron chi connectivity index (χ4n) is 4.30. The number of hydrogen-bond donors (Lipinski definition) is 0. The van der Waals surface area contributed by atoms with Gasteiger partial charge in [-0.15, -0.1) is 0 Å². The Hall–Kier alpha value is -2.28. The van der Waals surface area contributed by atoms with Crippen molar-refractivity contribution in [2.45, 2.75) is 53.4 Å². The summed E-state index contributed by atoms with van der Waals surface area (Å²) in [6, 6.07) is 13.8. The second-order valence-corrected chi connectivity index (χ2v) is 7.57. The van der Waals surface area contributed by atoms with Crippen LogP contribution in [0, 0.1) is 13.8 Å². The van der Waals surface area contributed by atoms with Crippen molar-refractivity contribution >= 4 is 32.3 Å². The van der Waals surface area contributed by atoms with Crippen molar-refractivity contribution in [3.05, 3.63) is 53.1 Å². The predicted octanol–water partition coefficient (Wildman–Crippen LogP) is 7.33. The van der Waals surface area contributed by atoms with Crippen molar-refractivity contribution in [1.82, 2.24) is 0 Å². The molecule has 4 aromatic rings. The molecule has 0 saturated heterocycles. The highest BCUT2D eigenvalue weighted by molar-refractivity contribution is 6.25. The molecule has 1 heteroatoms. The van der Waals surface area contributed by atoms with E-state index in [2.05, 4.69) is 64.1 Å². The molecule has 0 amide bonds. The summed E-state index contributed by atoms with van der Waals surface area (Å²) in [6.45, 7) is 9.65. The first-order valence-electron chi connectivity index (χ1n) is 9.99. The van der Waals surface area contributed by atoms with Gasteiger partial charge in [-0.3, -0.25) is 0 Å². The molecule has 0 bridgehead atoms. The molecule has 0 unspecified atom stereocenters. The third kappa shape index (κ3) is 2.61. The van der Waals surface area contributed by atoms with Gasteiger partial charge in [-0.05, 0) is 83.5 Å². The molecule has 0 aliphatic rings. The van der Waals surface area contributed by atoms with Gasteiger partial charge in [0.25, 0.3) is 0 Å². The van der Waals surface area contributed by atoms with Crippen molar-refractivity contribution in [3.63, 3.8) is 0 Å². The topological polar surface area (TPSA) is 9.23 Å². The molecular formula is C25H28O. The maximum atomic E-state index is 6.12. The molecule has 0 fully saturated rings. The molecule has 0 radical (unpaired) electrons. The van der Waals surface area contributed by atoms with Gasteiger partial charge in [-0.25, -0.2) is 0 Å². The van der Waals surface area contributed by atoms with E-state index in [1.54, 1.807) is 0 Å². The first-order chi connectivity index (χ1) is 12.7. The average molecular weight is 344 g/mol. The van der Waals surface area contributed by atoms with Crippen molar-refractivity contribution < 1.29 is 4.74 Å². The maximum Gasteiger partial charge on any atom is 0.127 e. The number of aryl methyl sites for hydroxylation is 3. The minimum atomic E-state index is 0.768. The highest BCUT2D eigenvalue weighted by Crippen LogP contribution is 2.42. The summed E-state index contributed by atoms with van der Waals surface area (Å²) in [6.07, 6.45) is 4.66. The van der Waals surface area contributed by atoms with E-state index in [1.165, 1.54) is 61.8 Å². The molecule has 26 heavy (non-hydrogen) atoms. The largest absolute Gasteiger partial charge is 0.493 e. The minimum Gasteiger partial charge on any atom is -0.493 e. The second kappa shape index (κ2) is 6.79. The van der Waals surface area contributed by atoms with E-state index in [-0.39, 0.29) is 0 Å². The molecular weight excluding hydrogens is 316 g/mol. The van der Waals surface area contributed by atoms with E-state index in [0.29, 0.717) is 0 Å². The zero-order valence-corrected chi connectivity index (χ0v) is 16.4. The Balaban J connectivity index is 2.11. The summed E-state index contributed by atoms with van der Waals surface area (Å²) >= 11 is 0. The van der Waals surface area contributed by atoms with Crippen LogP contribution in [0.4, 0.5) is 0 Å². The lowest BCUT2D eigenvalue weighted by atomic mass is 9.87. The van der Waals surface area contributed by atoms with E-state index < -0.39 is 0 Å². The molecule has 4 rings (SSSR count). The Kier molecular flexibility index (Phi) is 4.48. The third-order valence-corrected chi connectivity index (χ3v) is 5.62. The molecule has 0 saturated carbocycles. The zero-order valence-electron chi connectivity index (χ0n) is 16.4. The third-order valence-electron chi connectivity index (χ3n) is 5.62. The van der Waals surface area contributed by atoms with Crippen LogP contribution < -0.4 is 4.74 Å². The van der Waals surface area contributed by atoms with Crippen molar-refractivity contribution in [2.75, 3.05) is 6.61 Å². The van der Waals surface area contributed by atoms with Crippen LogP contribution in [0.25, 0.3) is 32.3 Å². The number of benzene rings is 4. The smallest absolute Gasteiger partial charge is 0.127 e. The van der Waals surface area contributed by atoms with E-state index in [9.17, 15) is 0 Å². The van der Waals surface area contributed by atoms with Crippen molar-refractivity contribution in [2.24, 2.45) is 0 Å². The molecule has 0 aliphatic heterocycles. The monoisotopic (exact) mass is 344 g/mol.